The first-order chi connectivity index (χ1) is 14.2. The number of likely N-dealkylation sites (tertiary alicyclic amines) is 1. The Labute approximate surface area is 183 Å². The molecule has 0 saturated carbocycles. The van der Waals surface area contributed by atoms with E-state index in [0.29, 0.717) is 13.0 Å². The highest BCUT2D eigenvalue weighted by atomic mass is 16.6. The van der Waals surface area contributed by atoms with Crippen LogP contribution in [0.1, 0.15) is 72.2 Å². The van der Waals surface area contributed by atoms with Gasteiger partial charge in [0.05, 0.1) is 6.04 Å². The first-order valence-electron chi connectivity index (χ1n) is 10.1. The van der Waals surface area contributed by atoms with Gasteiger partial charge < -0.3 is 14.4 Å². The molecule has 0 aromatic carbocycles. The molecule has 1 aliphatic rings. The molecule has 1 aromatic heterocycles. The number of aromatic nitrogens is 2. The number of hydrogen-bond donors (Lipinski definition) is 0. The van der Waals surface area contributed by atoms with Gasteiger partial charge in [0.15, 0.2) is 11.5 Å². The fraction of sp³-hybridized carbons (Fsp3) is 0.636. The highest BCUT2D eigenvalue weighted by Gasteiger charge is 2.39. The van der Waals surface area contributed by atoms with Crippen LogP contribution in [0.5, 0.6) is 0 Å². The van der Waals surface area contributed by atoms with Crippen molar-refractivity contribution in [2.24, 2.45) is 0 Å². The summed E-state index contributed by atoms with van der Waals surface area (Å²) in [5.41, 5.74) is -1.09. The van der Waals surface area contributed by atoms with Gasteiger partial charge in [-0.1, -0.05) is 0 Å². The molecular weight excluding hydrogens is 398 g/mol. The van der Waals surface area contributed by atoms with Crippen molar-refractivity contribution in [1.82, 2.24) is 14.7 Å². The third-order valence-corrected chi connectivity index (χ3v) is 4.65. The zero-order valence-corrected chi connectivity index (χ0v) is 19.5. The van der Waals surface area contributed by atoms with Crippen LogP contribution >= 0.6 is 0 Å². The average molecular weight is 430 g/mol. The van der Waals surface area contributed by atoms with Crippen molar-refractivity contribution in [2.45, 2.75) is 78.2 Å². The minimum absolute atomic E-state index is 0.110. The lowest BCUT2D eigenvalue weighted by Gasteiger charge is -2.27. The van der Waals surface area contributed by atoms with Crippen LogP contribution in [-0.4, -0.2) is 57.7 Å². The van der Waals surface area contributed by atoms with Crippen LogP contribution in [0, 0.1) is 23.7 Å². The van der Waals surface area contributed by atoms with Crippen molar-refractivity contribution in [2.75, 3.05) is 18.5 Å². The molecule has 168 valence electrons. The molecule has 1 aromatic rings. The van der Waals surface area contributed by atoms with Crippen molar-refractivity contribution in [3.05, 3.63) is 11.3 Å². The van der Waals surface area contributed by atoms with Crippen molar-refractivity contribution in [1.29, 1.82) is 5.26 Å². The number of nitriles is 1. The Morgan fingerprint density at radius 1 is 1.19 bits per heavy atom. The molecule has 2 amide bonds. The minimum Gasteiger partial charge on any atom is -0.444 e. The maximum Gasteiger partial charge on any atom is 0.415 e. The van der Waals surface area contributed by atoms with Gasteiger partial charge in [-0.15, -0.1) is 6.42 Å². The molecule has 0 aliphatic carbocycles. The number of rotatable bonds is 2. The summed E-state index contributed by atoms with van der Waals surface area (Å²) >= 11 is 0. The molecular formula is C22H31N5O4. The van der Waals surface area contributed by atoms with E-state index in [4.69, 9.17) is 15.9 Å². The van der Waals surface area contributed by atoms with Gasteiger partial charge in [0.1, 0.15) is 22.8 Å². The van der Waals surface area contributed by atoms with E-state index >= 15 is 0 Å². The molecule has 9 nitrogen and oxygen atoms in total. The van der Waals surface area contributed by atoms with Crippen LogP contribution in [0.15, 0.2) is 0 Å². The molecule has 1 aliphatic heterocycles. The summed E-state index contributed by atoms with van der Waals surface area (Å²) in [6.45, 7) is 12.9. The standard InChI is InChI=1S/C22H31N5O4/c1-10-17-16(12-23)18(25(9)19(28)30-21(3,4)5)27(24-17)15-11-14(2)26(13-15)20(29)31-22(6,7)8/h1,14-15H,11,13H2,2-9H3/t14-,15+/m1/s1. The lowest BCUT2D eigenvalue weighted by molar-refractivity contribution is 0.0233. The molecule has 0 N–H and O–H groups in total. The van der Waals surface area contributed by atoms with Gasteiger partial charge in [-0.05, 0) is 60.8 Å². The van der Waals surface area contributed by atoms with E-state index in [0.717, 1.165) is 0 Å². The zero-order chi connectivity index (χ0) is 23.7. The van der Waals surface area contributed by atoms with Crippen LogP contribution < -0.4 is 4.90 Å². The quantitative estimate of drug-likeness (QED) is 0.665. The summed E-state index contributed by atoms with van der Waals surface area (Å²) in [6.07, 6.45) is 5.06. The molecule has 0 bridgehead atoms. The highest BCUT2D eigenvalue weighted by molar-refractivity contribution is 5.88. The van der Waals surface area contributed by atoms with Gasteiger partial charge in [0.2, 0.25) is 0 Å². The molecule has 1 fully saturated rings. The van der Waals surface area contributed by atoms with E-state index in [1.54, 1.807) is 30.4 Å². The lowest BCUT2D eigenvalue weighted by Crippen LogP contribution is -2.39. The van der Waals surface area contributed by atoms with E-state index < -0.39 is 23.4 Å². The van der Waals surface area contributed by atoms with Gasteiger partial charge >= 0.3 is 12.2 Å². The summed E-state index contributed by atoms with van der Waals surface area (Å²) in [6, 6.07) is 1.64. The maximum atomic E-state index is 12.7. The zero-order valence-electron chi connectivity index (χ0n) is 19.5. The van der Waals surface area contributed by atoms with Crippen LogP contribution in [0.4, 0.5) is 15.4 Å². The largest absolute Gasteiger partial charge is 0.444 e. The van der Waals surface area contributed by atoms with Crippen LogP contribution in [0.25, 0.3) is 0 Å². The Morgan fingerprint density at radius 2 is 1.77 bits per heavy atom. The Balaban J connectivity index is 2.43. The second kappa shape index (κ2) is 8.50. The monoisotopic (exact) mass is 429 g/mol. The van der Waals surface area contributed by atoms with Gasteiger partial charge in [-0.3, -0.25) is 4.90 Å². The predicted octanol–water partition coefficient (Wildman–Crippen LogP) is 3.68. The fourth-order valence-corrected chi connectivity index (χ4v) is 3.38. The van der Waals surface area contributed by atoms with Gasteiger partial charge in [0, 0.05) is 19.6 Å². The predicted molar refractivity (Wildman–Crippen MR) is 116 cm³/mol. The second-order valence-electron chi connectivity index (χ2n) is 9.66. The highest BCUT2D eigenvalue weighted by Crippen LogP contribution is 2.34. The number of terminal acetylenes is 1. The lowest BCUT2D eigenvalue weighted by atomic mass is 10.2. The summed E-state index contributed by atoms with van der Waals surface area (Å²) < 4.78 is 12.5. The molecule has 0 spiro atoms. The summed E-state index contributed by atoms with van der Waals surface area (Å²) in [4.78, 5) is 28.2. The Kier molecular flexibility index (Phi) is 6.60. The first-order valence-corrected chi connectivity index (χ1v) is 10.1. The number of anilines is 1. The van der Waals surface area contributed by atoms with Crippen molar-refractivity contribution < 1.29 is 19.1 Å². The van der Waals surface area contributed by atoms with E-state index in [-0.39, 0.29) is 29.2 Å². The number of hydrogen-bond acceptors (Lipinski definition) is 6. The van der Waals surface area contributed by atoms with Crippen molar-refractivity contribution >= 4 is 18.0 Å². The SMILES string of the molecule is C#Cc1nn([C@H]2C[C@@H](C)N(C(=O)OC(C)(C)C)C2)c(N(C)C(=O)OC(C)(C)C)c1C#N. The van der Waals surface area contributed by atoms with Crippen LogP contribution in [0.3, 0.4) is 0 Å². The summed E-state index contributed by atoms with van der Waals surface area (Å²) in [5.74, 6) is 2.65. The van der Waals surface area contributed by atoms with E-state index in [1.165, 1.54) is 11.9 Å². The van der Waals surface area contributed by atoms with E-state index in [2.05, 4.69) is 17.1 Å². The molecule has 0 unspecified atom stereocenters. The average Bonchev–Trinajstić information content (AvgIpc) is 3.18. The van der Waals surface area contributed by atoms with Gasteiger partial charge in [-0.25, -0.2) is 14.3 Å². The number of carbonyl (C=O) groups is 2. The minimum atomic E-state index is -0.715. The first kappa shape index (κ1) is 24.1. The normalized spacial score (nSPS) is 18.8. The number of amides is 2. The van der Waals surface area contributed by atoms with E-state index in [9.17, 15) is 14.9 Å². The number of carbonyl (C=O) groups excluding carboxylic acids is 2. The Bertz CT molecular complexity index is 939. The molecule has 0 radical (unpaired) electrons. The van der Waals surface area contributed by atoms with Gasteiger partial charge in [-0.2, -0.15) is 10.4 Å². The summed E-state index contributed by atoms with van der Waals surface area (Å²) in [7, 11) is 1.51. The Morgan fingerprint density at radius 3 is 2.26 bits per heavy atom. The third-order valence-electron chi connectivity index (χ3n) is 4.65. The molecule has 2 atom stereocenters. The maximum absolute atomic E-state index is 12.7. The van der Waals surface area contributed by atoms with E-state index in [1.807, 2.05) is 27.7 Å². The molecule has 31 heavy (non-hydrogen) atoms. The fourth-order valence-electron chi connectivity index (χ4n) is 3.38. The van der Waals surface area contributed by atoms with Crippen LogP contribution in [-0.2, 0) is 9.47 Å². The van der Waals surface area contributed by atoms with Gasteiger partial charge in [0.25, 0.3) is 0 Å². The number of ether oxygens (including phenoxy) is 2. The number of nitrogens with zero attached hydrogens (tertiary/aromatic N) is 5. The molecule has 1 saturated heterocycles. The van der Waals surface area contributed by atoms with Crippen molar-refractivity contribution in [3.8, 4) is 18.4 Å². The Hall–Kier alpha value is -3.20. The topological polar surface area (TPSA) is 101 Å². The summed E-state index contributed by atoms with van der Waals surface area (Å²) in [5, 5.41) is 14.1. The third kappa shape index (κ3) is 5.49. The molecule has 2 heterocycles. The molecule has 9 heteroatoms. The molecule has 2 rings (SSSR count). The van der Waals surface area contributed by atoms with Crippen molar-refractivity contribution in [3.63, 3.8) is 0 Å². The van der Waals surface area contributed by atoms with Crippen LogP contribution in [0.2, 0.25) is 0 Å². The smallest absolute Gasteiger partial charge is 0.415 e. The second-order valence-corrected chi connectivity index (χ2v) is 9.66.